The van der Waals surface area contributed by atoms with Gasteiger partial charge in [0.1, 0.15) is 0 Å². The molecule has 4 nitrogen and oxygen atoms in total. The van der Waals surface area contributed by atoms with Gasteiger partial charge in [-0.3, -0.25) is 9.78 Å². The van der Waals surface area contributed by atoms with Crippen LogP contribution < -0.4 is 5.73 Å². The number of aromatic nitrogens is 1. The van der Waals surface area contributed by atoms with Crippen molar-refractivity contribution in [2.45, 2.75) is 19.3 Å². The zero-order valence-corrected chi connectivity index (χ0v) is 10.3. The van der Waals surface area contributed by atoms with Gasteiger partial charge in [0.15, 0.2) is 5.82 Å². The van der Waals surface area contributed by atoms with Crippen LogP contribution in [-0.4, -0.2) is 35.4 Å². The fourth-order valence-corrected chi connectivity index (χ4v) is 2.44. The molecule has 0 aliphatic carbocycles. The average molecular weight is 251 g/mol. The Kier molecular flexibility index (Phi) is 4.25. The molecule has 2 rings (SSSR count). The van der Waals surface area contributed by atoms with Gasteiger partial charge in [0, 0.05) is 19.3 Å². The lowest BCUT2D eigenvalue weighted by atomic mass is 9.94. The first kappa shape index (κ1) is 13.0. The third-order valence-corrected chi connectivity index (χ3v) is 3.38. The molecule has 0 bridgehead atoms. The summed E-state index contributed by atoms with van der Waals surface area (Å²) in [5.41, 5.74) is 5.65. The molecular formula is C13H18FN3O. The first-order valence-electron chi connectivity index (χ1n) is 6.31. The Hall–Kier alpha value is -1.49. The molecule has 1 aromatic heterocycles. The van der Waals surface area contributed by atoms with Crippen LogP contribution in [0.4, 0.5) is 4.39 Å². The predicted octanol–water partition coefficient (Wildman–Crippen LogP) is 1.42. The Morgan fingerprint density at radius 1 is 1.61 bits per heavy atom. The minimum Gasteiger partial charge on any atom is -0.338 e. The Labute approximate surface area is 106 Å². The fraction of sp³-hybridized carbons (Fsp3) is 0.538. The summed E-state index contributed by atoms with van der Waals surface area (Å²) in [6, 6.07) is 1.43. The molecule has 1 fully saturated rings. The van der Waals surface area contributed by atoms with Crippen molar-refractivity contribution in [1.82, 2.24) is 9.88 Å². The lowest BCUT2D eigenvalue weighted by molar-refractivity contribution is 0.0664. The van der Waals surface area contributed by atoms with Crippen molar-refractivity contribution in [2.75, 3.05) is 19.6 Å². The molecule has 18 heavy (non-hydrogen) atoms. The maximum absolute atomic E-state index is 13.5. The smallest absolute Gasteiger partial charge is 0.256 e. The van der Waals surface area contributed by atoms with Crippen molar-refractivity contribution in [1.29, 1.82) is 0 Å². The maximum Gasteiger partial charge on any atom is 0.256 e. The van der Waals surface area contributed by atoms with Gasteiger partial charge < -0.3 is 10.6 Å². The van der Waals surface area contributed by atoms with E-state index in [9.17, 15) is 9.18 Å². The number of nitrogens with zero attached hydrogens (tertiary/aromatic N) is 2. The molecule has 1 unspecified atom stereocenters. The first-order chi connectivity index (χ1) is 8.72. The molecule has 5 heteroatoms. The molecule has 1 amide bonds. The average Bonchev–Trinajstić information content (AvgIpc) is 2.39. The molecule has 0 radical (unpaired) electrons. The van der Waals surface area contributed by atoms with Crippen molar-refractivity contribution in [3.8, 4) is 0 Å². The summed E-state index contributed by atoms with van der Waals surface area (Å²) >= 11 is 0. The van der Waals surface area contributed by atoms with Crippen LogP contribution in [0.2, 0.25) is 0 Å². The highest BCUT2D eigenvalue weighted by atomic mass is 19.1. The third-order valence-electron chi connectivity index (χ3n) is 3.38. The van der Waals surface area contributed by atoms with Crippen molar-refractivity contribution < 1.29 is 9.18 Å². The zero-order valence-electron chi connectivity index (χ0n) is 10.3. The summed E-state index contributed by atoms with van der Waals surface area (Å²) in [6.07, 6.45) is 5.50. The molecule has 1 aromatic rings. The Morgan fingerprint density at radius 3 is 3.17 bits per heavy atom. The van der Waals surface area contributed by atoms with Gasteiger partial charge in [-0.1, -0.05) is 0 Å². The Balaban J connectivity index is 2.07. The molecule has 2 heterocycles. The second kappa shape index (κ2) is 5.91. The lowest BCUT2D eigenvalue weighted by Crippen LogP contribution is -2.40. The molecule has 1 aliphatic rings. The molecule has 2 N–H and O–H groups in total. The number of piperidine rings is 1. The molecule has 1 saturated heterocycles. The van der Waals surface area contributed by atoms with Crippen LogP contribution in [0, 0.1) is 11.7 Å². The number of likely N-dealkylation sites (tertiary alicyclic amines) is 1. The number of halogens is 1. The number of hydrogen-bond acceptors (Lipinski definition) is 3. The molecule has 0 saturated carbocycles. The molecule has 1 aliphatic heterocycles. The molecule has 1 atom stereocenters. The highest BCUT2D eigenvalue weighted by molar-refractivity contribution is 5.94. The van der Waals surface area contributed by atoms with E-state index in [1.54, 1.807) is 4.90 Å². The van der Waals surface area contributed by atoms with E-state index in [4.69, 9.17) is 5.73 Å². The number of rotatable bonds is 3. The van der Waals surface area contributed by atoms with Gasteiger partial charge >= 0.3 is 0 Å². The highest BCUT2D eigenvalue weighted by Gasteiger charge is 2.25. The number of carbonyl (C=O) groups excluding carboxylic acids is 1. The van der Waals surface area contributed by atoms with Crippen LogP contribution in [0.1, 0.15) is 29.6 Å². The van der Waals surface area contributed by atoms with Crippen LogP contribution in [0.15, 0.2) is 18.5 Å². The molecular weight excluding hydrogens is 233 g/mol. The molecule has 98 valence electrons. The number of carbonyl (C=O) groups is 1. The van der Waals surface area contributed by atoms with Crippen molar-refractivity contribution in [3.63, 3.8) is 0 Å². The quantitative estimate of drug-likeness (QED) is 0.884. The van der Waals surface area contributed by atoms with Gasteiger partial charge in [-0.15, -0.1) is 0 Å². The van der Waals surface area contributed by atoms with Gasteiger partial charge in [-0.2, -0.15) is 0 Å². The van der Waals surface area contributed by atoms with E-state index in [1.807, 2.05) is 0 Å². The van der Waals surface area contributed by atoms with Crippen LogP contribution in [0.5, 0.6) is 0 Å². The number of amides is 1. The minimum absolute atomic E-state index is 0.110. The van der Waals surface area contributed by atoms with E-state index in [-0.39, 0.29) is 11.5 Å². The Bertz CT molecular complexity index is 422. The summed E-state index contributed by atoms with van der Waals surface area (Å²) in [7, 11) is 0. The Morgan fingerprint density at radius 2 is 2.44 bits per heavy atom. The van der Waals surface area contributed by atoms with Crippen LogP contribution in [-0.2, 0) is 0 Å². The van der Waals surface area contributed by atoms with Crippen LogP contribution >= 0.6 is 0 Å². The van der Waals surface area contributed by atoms with Crippen molar-refractivity contribution in [2.24, 2.45) is 11.7 Å². The van der Waals surface area contributed by atoms with E-state index in [2.05, 4.69) is 4.98 Å². The van der Waals surface area contributed by atoms with Gasteiger partial charge in [0.05, 0.1) is 11.8 Å². The lowest BCUT2D eigenvalue weighted by Gasteiger charge is -2.32. The van der Waals surface area contributed by atoms with Gasteiger partial charge in [-0.25, -0.2) is 4.39 Å². The van der Waals surface area contributed by atoms with E-state index >= 15 is 0 Å². The predicted molar refractivity (Wildman–Crippen MR) is 66.5 cm³/mol. The van der Waals surface area contributed by atoms with Gasteiger partial charge in [0.25, 0.3) is 5.91 Å². The number of pyridine rings is 1. The largest absolute Gasteiger partial charge is 0.338 e. The topological polar surface area (TPSA) is 59.2 Å². The normalized spacial score (nSPS) is 19.9. The second-order valence-electron chi connectivity index (χ2n) is 4.69. The van der Waals surface area contributed by atoms with Crippen molar-refractivity contribution >= 4 is 5.91 Å². The monoisotopic (exact) mass is 251 g/mol. The maximum atomic E-state index is 13.5. The van der Waals surface area contributed by atoms with Crippen molar-refractivity contribution in [3.05, 3.63) is 29.8 Å². The zero-order chi connectivity index (χ0) is 13.0. The minimum atomic E-state index is -0.552. The van der Waals surface area contributed by atoms with E-state index in [0.29, 0.717) is 25.6 Å². The van der Waals surface area contributed by atoms with E-state index in [0.717, 1.165) is 25.5 Å². The fourth-order valence-electron chi connectivity index (χ4n) is 2.44. The summed E-state index contributed by atoms with van der Waals surface area (Å²) < 4.78 is 13.5. The standard InChI is InChI=1S/C13H18FN3O/c14-12-8-16-6-4-11(12)13(18)17-7-1-2-10(9-17)3-5-15/h4,6,8,10H,1-3,5,7,9,15H2. The first-order valence-corrected chi connectivity index (χ1v) is 6.31. The number of nitrogens with two attached hydrogens (primary N) is 1. The van der Waals surface area contributed by atoms with Gasteiger partial charge in [0.2, 0.25) is 0 Å². The SMILES string of the molecule is NCCC1CCCN(C(=O)c2ccncc2F)C1. The van der Waals surface area contributed by atoms with Crippen LogP contribution in [0.25, 0.3) is 0 Å². The summed E-state index contributed by atoms with van der Waals surface area (Å²) in [5.74, 6) is -0.349. The second-order valence-corrected chi connectivity index (χ2v) is 4.69. The summed E-state index contributed by atoms with van der Waals surface area (Å²) in [4.78, 5) is 17.6. The van der Waals surface area contributed by atoms with Crippen LogP contribution in [0.3, 0.4) is 0 Å². The van der Waals surface area contributed by atoms with Gasteiger partial charge in [-0.05, 0) is 37.8 Å². The number of hydrogen-bond donors (Lipinski definition) is 1. The van der Waals surface area contributed by atoms with E-state index in [1.165, 1.54) is 12.3 Å². The highest BCUT2D eigenvalue weighted by Crippen LogP contribution is 2.21. The third kappa shape index (κ3) is 2.85. The van der Waals surface area contributed by atoms with E-state index < -0.39 is 5.82 Å². The summed E-state index contributed by atoms with van der Waals surface area (Å²) in [5, 5.41) is 0. The molecule has 0 spiro atoms. The molecule has 0 aromatic carbocycles. The summed E-state index contributed by atoms with van der Waals surface area (Å²) in [6.45, 7) is 2.01.